The molecule has 0 aromatic heterocycles. The number of fused-ring (bicyclic) bond motifs is 1. The van der Waals surface area contributed by atoms with Crippen molar-refractivity contribution in [3.05, 3.63) is 69.2 Å². The van der Waals surface area contributed by atoms with Crippen molar-refractivity contribution in [3.63, 3.8) is 0 Å². The number of benzene rings is 2. The van der Waals surface area contributed by atoms with Crippen LogP contribution in [0.5, 0.6) is 0 Å². The van der Waals surface area contributed by atoms with Gasteiger partial charge in [-0.1, -0.05) is 67.4 Å². The van der Waals surface area contributed by atoms with Gasteiger partial charge in [0.15, 0.2) is 0 Å². The topological polar surface area (TPSA) is 85.0 Å². The molecule has 2 atom stereocenters. The summed E-state index contributed by atoms with van der Waals surface area (Å²) in [5.41, 5.74) is 3.19. The van der Waals surface area contributed by atoms with Crippen molar-refractivity contribution in [2.24, 2.45) is 5.92 Å². The van der Waals surface area contributed by atoms with Crippen LogP contribution in [0.2, 0.25) is 10.0 Å². The van der Waals surface area contributed by atoms with Gasteiger partial charge in [0.1, 0.15) is 6.04 Å². The molecular weight excluding hydrogens is 621 g/mol. The molecule has 46 heavy (non-hydrogen) atoms. The number of hydrogen-bond acceptors (Lipinski definition) is 5. The molecule has 3 heterocycles. The summed E-state index contributed by atoms with van der Waals surface area (Å²) in [6, 6.07) is 13.5. The van der Waals surface area contributed by atoms with Gasteiger partial charge in [0.05, 0.1) is 0 Å². The van der Waals surface area contributed by atoms with Gasteiger partial charge in [-0.05, 0) is 73.4 Å². The van der Waals surface area contributed by atoms with Crippen LogP contribution in [0.4, 0.5) is 0 Å². The highest BCUT2D eigenvalue weighted by Gasteiger charge is 2.36. The summed E-state index contributed by atoms with van der Waals surface area (Å²) in [4.78, 5) is 46.1. The first-order valence-corrected chi connectivity index (χ1v) is 17.7. The summed E-state index contributed by atoms with van der Waals surface area (Å²) in [5.74, 6) is 0.453. The maximum Gasteiger partial charge on any atom is 0.245 e. The number of nitrogens with one attached hydrogen (secondary N) is 2. The van der Waals surface area contributed by atoms with Gasteiger partial charge in [0, 0.05) is 80.7 Å². The second-order valence-electron chi connectivity index (χ2n) is 13.6. The summed E-state index contributed by atoms with van der Waals surface area (Å²) in [6.45, 7) is 10.9. The molecule has 0 saturated carbocycles. The summed E-state index contributed by atoms with van der Waals surface area (Å²) < 4.78 is 0. The number of hydrogen-bond donors (Lipinski definition) is 2. The Bertz CT molecular complexity index is 1370. The highest BCUT2D eigenvalue weighted by molar-refractivity contribution is 6.35. The fourth-order valence-electron chi connectivity index (χ4n) is 7.49. The van der Waals surface area contributed by atoms with E-state index in [0.717, 1.165) is 69.4 Å². The van der Waals surface area contributed by atoms with E-state index in [1.54, 1.807) is 19.1 Å². The zero-order chi connectivity index (χ0) is 32.8. The van der Waals surface area contributed by atoms with E-state index in [4.69, 9.17) is 23.2 Å². The van der Waals surface area contributed by atoms with E-state index in [1.807, 2.05) is 28.0 Å². The molecule has 3 amide bonds. The standard InChI is InChI=1S/C36H49Cl2N5O3/c1-24(2)23-43(29-11-16-41(17-12-29)25(3)44)30-13-18-42(19-14-30)36(46)34(20-27-8-9-28(37)21-32(27)38)40-35(45)22-33-31-7-5-4-6-26(31)10-15-39-33/h4-9,21,24,29-30,33-34,39H,10-20,22-23H2,1-3H3,(H,40,45)/t33-,34+/m0/s1. The normalized spacial score (nSPS) is 20.1. The number of carbonyl (C=O) groups is 3. The number of rotatable bonds is 10. The zero-order valence-corrected chi connectivity index (χ0v) is 29.0. The van der Waals surface area contributed by atoms with E-state index in [2.05, 4.69) is 41.5 Å². The largest absolute Gasteiger partial charge is 0.344 e. The SMILES string of the molecule is CC(=O)N1CCC(N(CC(C)C)C2CCN(C(=O)[C@@H](Cc3ccc(Cl)cc3Cl)NC(=O)C[C@@H]3NCCc4ccccc43)CC2)CC1. The van der Waals surface area contributed by atoms with E-state index < -0.39 is 6.04 Å². The molecule has 2 aromatic carbocycles. The van der Waals surface area contributed by atoms with Crippen molar-refractivity contribution in [2.45, 2.75) is 89.9 Å². The van der Waals surface area contributed by atoms with E-state index in [-0.39, 0.29) is 30.2 Å². The smallest absolute Gasteiger partial charge is 0.245 e. The Kier molecular flexibility index (Phi) is 12.0. The van der Waals surface area contributed by atoms with Crippen molar-refractivity contribution in [2.75, 3.05) is 39.3 Å². The third-order valence-electron chi connectivity index (χ3n) is 9.88. The summed E-state index contributed by atoms with van der Waals surface area (Å²) in [6.07, 6.45) is 5.23. The molecule has 0 bridgehead atoms. The lowest BCUT2D eigenvalue weighted by Crippen LogP contribution is -2.56. The highest BCUT2D eigenvalue weighted by Crippen LogP contribution is 2.28. The summed E-state index contributed by atoms with van der Waals surface area (Å²) in [7, 11) is 0. The number of carbonyl (C=O) groups excluding carboxylic acids is 3. The quantitative estimate of drug-likeness (QED) is 0.361. The molecule has 2 aromatic rings. The lowest BCUT2D eigenvalue weighted by Gasteiger charge is -2.46. The molecule has 0 radical (unpaired) electrons. The van der Waals surface area contributed by atoms with Gasteiger partial charge in [-0.2, -0.15) is 0 Å². The number of nitrogens with zero attached hydrogens (tertiary/aromatic N) is 3. The highest BCUT2D eigenvalue weighted by atomic mass is 35.5. The van der Waals surface area contributed by atoms with Gasteiger partial charge < -0.3 is 20.4 Å². The number of halogens is 2. The minimum Gasteiger partial charge on any atom is -0.344 e. The third kappa shape index (κ3) is 8.82. The molecule has 2 saturated heterocycles. The fraction of sp³-hybridized carbons (Fsp3) is 0.583. The van der Waals surface area contributed by atoms with E-state index in [0.29, 0.717) is 47.6 Å². The van der Waals surface area contributed by atoms with Gasteiger partial charge in [0.2, 0.25) is 17.7 Å². The Balaban J connectivity index is 1.26. The van der Waals surface area contributed by atoms with Crippen LogP contribution in [0, 0.1) is 5.92 Å². The molecule has 3 aliphatic heterocycles. The maximum absolute atomic E-state index is 14.1. The van der Waals surface area contributed by atoms with Crippen molar-refractivity contribution in [1.82, 2.24) is 25.3 Å². The maximum atomic E-state index is 14.1. The van der Waals surface area contributed by atoms with Gasteiger partial charge in [0.25, 0.3) is 0 Å². The van der Waals surface area contributed by atoms with E-state index >= 15 is 0 Å². The molecule has 8 nitrogen and oxygen atoms in total. The minimum absolute atomic E-state index is 0.0694. The van der Waals surface area contributed by atoms with Crippen LogP contribution in [-0.2, 0) is 27.2 Å². The lowest BCUT2D eigenvalue weighted by molar-refractivity contribution is -0.138. The predicted octanol–water partition coefficient (Wildman–Crippen LogP) is 5.26. The molecule has 3 aliphatic rings. The minimum atomic E-state index is -0.732. The molecular formula is C36H49Cl2N5O3. The molecule has 2 fully saturated rings. The lowest BCUT2D eigenvalue weighted by atomic mass is 9.92. The first-order valence-electron chi connectivity index (χ1n) is 16.9. The Morgan fingerprint density at radius 1 is 0.957 bits per heavy atom. The number of piperidine rings is 2. The number of amides is 3. The Labute approximate surface area is 284 Å². The van der Waals surface area contributed by atoms with Gasteiger partial charge >= 0.3 is 0 Å². The summed E-state index contributed by atoms with van der Waals surface area (Å²) >= 11 is 12.7. The monoisotopic (exact) mass is 669 g/mol. The predicted molar refractivity (Wildman–Crippen MR) is 184 cm³/mol. The van der Waals surface area contributed by atoms with Crippen LogP contribution in [0.3, 0.4) is 0 Å². The Hall–Kier alpha value is -2.65. The third-order valence-corrected chi connectivity index (χ3v) is 10.5. The van der Waals surface area contributed by atoms with Crippen LogP contribution in [-0.4, -0.2) is 89.8 Å². The fourth-order valence-corrected chi connectivity index (χ4v) is 7.98. The van der Waals surface area contributed by atoms with Crippen LogP contribution < -0.4 is 10.6 Å². The second kappa shape index (κ2) is 16.0. The van der Waals surface area contributed by atoms with Gasteiger partial charge in [-0.3, -0.25) is 19.3 Å². The molecule has 0 unspecified atom stereocenters. The average Bonchev–Trinajstić information content (AvgIpc) is 3.04. The van der Waals surface area contributed by atoms with Crippen molar-refractivity contribution < 1.29 is 14.4 Å². The Morgan fingerprint density at radius 2 is 1.61 bits per heavy atom. The van der Waals surface area contributed by atoms with Crippen LogP contribution in [0.1, 0.15) is 75.6 Å². The molecule has 2 N–H and O–H groups in total. The molecule has 250 valence electrons. The van der Waals surface area contributed by atoms with Crippen LogP contribution in [0.15, 0.2) is 42.5 Å². The van der Waals surface area contributed by atoms with Crippen molar-refractivity contribution in [1.29, 1.82) is 0 Å². The van der Waals surface area contributed by atoms with Crippen molar-refractivity contribution in [3.8, 4) is 0 Å². The van der Waals surface area contributed by atoms with Crippen molar-refractivity contribution >= 4 is 40.9 Å². The average molecular weight is 671 g/mol. The van der Waals surface area contributed by atoms with Crippen LogP contribution >= 0.6 is 23.2 Å². The van der Waals surface area contributed by atoms with Gasteiger partial charge in [-0.15, -0.1) is 0 Å². The summed E-state index contributed by atoms with van der Waals surface area (Å²) in [5, 5.41) is 7.61. The van der Waals surface area contributed by atoms with E-state index in [9.17, 15) is 14.4 Å². The molecule has 0 aliphatic carbocycles. The van der Waals surface area contributed by atoms with E-state index in [1.165, 1.54) is 5.56 Å². The first-order chi connectivity index (χ1) is 22.1. The molecule has 10 heteroatoms. The number of likely N-dealkylation sites (tertiary alicyclic amines) is 2. The van der Waals surface area contributed by atoms with Gasteiger partial charge in [-0.25, -0.2) is 0 Å². The first kappa shape index (κ1) is 34.7. The Morgan fingerprint density at radius 3 is 2.24 bits per heavy atom. The molecule has 5 rings (SSSR count). The second-order valence-corrected chi connectivity index (χ2v) is 14.4. The molecule has 0 spiro atoms. The zero-order valence-electron chi connectivity index (χ0n) is 27.4. The van der Waals surface area contributed by atoms with Crippen LogP contribution in [0.25, 0.3) is 0 Å².